The summed E-state index contributed by atoms with van der Waals surface area (Å²) in [6.45, 7) is 5.38. The molecule has 2 rings (SSSR count). The third-order valence-corrected chi connectivity index (χ3v) is 5.13. The number of carbonyl (C=O) groups is 1. The summed E-state index contributed by atoms with van der Waals surface area (Å²) in [7, 11) is 1.76. The number of hydrogen-bond acceptors (Lipinski definition) is 2. The fourth-order valence-corrected chi connectivity index (χ4v) is 3.24. The van der Waals surface area contributed by atoms with Gasteiger partial charge in [-0.1, -0.05) is 13.3 Å². The minimum absolute atomic E-state index is 0. The van der Waals surface area contributed by atoms with E-state index in [9.17, 15) is 4.79 Å². The predicted octanol–water partition coefficient (Wildman–Crippen LogP) is 2.36. The van der Waals surface area contributed by atoms with Crippen molar-refractivity contribution in [1.29, 1.82) is 0 Å². The van der Waals surface area contributed by atoms with Crippen LogP contribution in [0.3, 0.4) is 0 Å². The normalized spacial score (nSPS) is 20.6. The third kappa shape index (κ3) is 5.28. The van der Waals surface area contributed by atoms with E-state index in [0.717, 1.165) is 38.4 Å². The van der Waals surface area contributed by atoms with Gasteiger partial charge in [0.2, 0.25) is 5.91 Å². The topological polar surface area (TPSA) is 56.7 Å². The molecule has 2 aliphatic rings. The van der Waals surface area contributed by atoms with Crippen molar-refractivity contribution in [2.75, 3.05) is 33.2 Å². The Morgan fingerprint density at radius 2 is 1.82 bits per heavy atom. The Morgan fingerprint density at radius 3 is 2.32 bits per heavy atom. The van der Waals surface area contributed by atoms with Crippen LogP contribution in [0.2, 0.25) is 0 Å². The molecule has 2 fully saturated rings. The van der Waals surface area contributed by atoms with Crippen LogP contribution >= 0.6 is 24.0 Å². The first kappa shape index (κ1) is 19.5. The number of amides is 1. The van der Waals surface area contributed by atoms with Gasteiger partial charge in [-0.15, -0.1) is 24.0 Å². The van der Waals surface area contributed by atoms with E-state index >= 15 is 0 Å². The average Bonchev–Trinajstić information content (AvgIpc) is 2.50. The molecule has 6 heteroatoms. The Balaban J connectivity index is 0.00000242. The van der Waals surface area contributed by atoms with Crippen molar-refractivity contribution in [3.05, 3.63) is 0 Å². The van der Waals surface area contributed by atoms with E-state index in [0.29, 0.717) is 12.0 Å². The highest BCUT2D eigenvalue weighted by Crippen LogP contribution is 2.42. The number of guanidine groups is 1. The summed E-state index contributed by atoms with van der Waals surface area (Å²) >= 11 is 0. The molecule has 0 unspecified atom stereocenters. The lowest BCUT2D eigenvalue weighted by Crippen LogP contribution is -2.49. The molecule has 0 aromatic heterocycles. The van der Waals surface area contributed by atoms with Gasteiger partial charge in [0.15, 0.2) is 5.96 Å². The molecular formula is C16H31IN4O. The third-order valence-electron chi connectivity index (χ3n) is 5.13. The van der Waals surface area contributed by atoms with Gasteiger partial charge in [-0.3, -0.25) is 9.79 Å². The zero-order valence-corrected chi connectivity index (χ0v) is 16.3. The number of piperidine rings is 1. The second-order valence-electron chi connectivity index (χ2n) is 6.43. The molecule has 128 valence electrons. The first-order valence-electron chi connectivity index (χ1n) is 8.41. The zero-order valence-electron chi connectivity index (χ0n) is 14.0. The second kappa shape index (κ2) is 9.57. The summed E-state index contributed by atoms with van der Waals surface area (Å²) in [6, 6.07) is 0. The molecule has 1 saturated heterocycles. The van der Waals surface area contributed by atoms with E-state index in [1.54, 1.807) is 7.05 Å². The molecule has 22 heavy (non-hydrogen) atoms. The fourth-order valence-electron chi connectivity index (χ4n) is 3.24. The van der Waals surface area contributed by atoms with Crippen LogP contribution in [-0.4, -0.2) is 50.0 Å². The summed E-state index contributed by atoms with van der Waals surface area (Å²) in [6.07, 6.45) is 8.69. The van der Waals surface area contributed by atoms with Crippen molar-refractivity contribution < 1.29 is 4.79 Å². The Hall–Kier alpha value is -0.530. The van der Waals surface area contributed by atoms with Crippen molar-refractivity contribution in [2.45, 2.75) is 51.9 Å². The Morgan fingerprint density at radius 1 is 1.14 bits per heavy atom. The molecule has 0 bridgehead atoms. The molecule has 0 radical (unpaired) electrons. The van der Waals surface area contributed by atoms with Gasteiger partial charge < -0.3 is 15.5 Å². The smallest absolute Gasteiger partial charge is 0.241 e. The highest BCUT2D eigenvalue weighted by atomic mass is 127. The molecule has 5 nitrogen and oxygen atoms in total. The number of halogens is 1. The quantitative estimate of drug-likeness (QED) is 0.407. The van der Waals surface area contributed by atoms with Gasteiger partial charge in [0.1, 0.15) is 0 Å². The lowest BCUT2D eigenvalue weighted by Gasteiger charge is -2.41. The number of rotatable bonds is 5. The first-order valence-corrected chi connectivity index (χ1v) is 8.41. The van der Waals surface area contributed by atoms with Crippen LogP contribution < -0.4 is 10.6 Å². The average molecular weight is 422 g/mol. The van der Waals surface area contributed by atoms with Crippen LogP contribution in [0.25, 0.3) is 0 Å². The van der Waals surface area contributed by atoms with Gasteiger partial charge >= 0.3 is 0 Å². The maximum atomic E-state index is 12.1. The maximum Gasteiger partial charge on any atom is 0.241 e. The van der Waals surface area contributed by atoms with Gasteiger partial charge in [-0.25, -0.2) is 0 Å². The Kier molecular flexibility index (Phi) is 8.49. The second-order valence-corrected chi connectivity index (χ2v) is 6.43. The number of hydrogen-bond donors (Lipinski definition) is 2. The molecule has 2 N–H and O–H groups in total. The number of nitrogens with zero attached hydrogens (tertiary/aromatic N) is 2. The molecule has 0 aromatic rings. The monoisotopic (exact) mass is 422 g/mol. The Bertz CT molecular complexity index is 371. The van der Waals surface area contributed by atoms with Gasteiger partial charge in [0.05, 0.1) is 6.54 Å². The lowest BCUT2D eigenvalue weighted by atomic mass is 9.67. The summed E-state index contributed by atoms with van der Waals surface area (Å²) in [5, 5.41) is 6.55. The van der Waals surface area contributed by atoms with Crippen LogP contribution in [0.5, 0.6) is 0 Å². The molecule has 1 aliphatic heterocycles. The van der Waals surface area contributed by atoms with Crippen molar-refractivity contribution in [3.8, 4) is 0 Å². The lowest BCUT2D eigenvalue weighted by molar-refractivity contribution is -0.130. The number of carbonyl (C=O) groups excluding carboxylic acids is 1. The first-order chi connectivity index (χ1) is 10.2. The van der Waals surface area contributed by atoms with E-state index in [2.05, 4.69) is 22.5 Å². The van der Waals surface area contributed by atoms with Crippen LogP contribution in [0.1, 0.15) is 51.9 Å². The molecule has 1 heterocycles. The molecule has 1 amide bonds. The maximum absolute atomic E-state index is 12.1. The fraction of sp³-hybridized carbons (Fsp3) is 0.875. The molecule has 1 aliphatic carbocycles. The van der Waals surface area contributed by atoms with Crippen molar-refractivity contribution >= 4 is 35.8 Å². The van der Waals surface area contributed by atoms with Gasteiger partial charge in [-0.05, 0) is 43.9 Å². The highest BCUT2D eigenvalue weighted by molar-refractivity contribution is 14.0. The number of likely N-dealkylation sites (tertiary alicyclic amines) is 1. The summed E-state index contributed by atoms with van der Waals surface area (Å²) in [4.78, 5) is 18.3. The largest absolute Gasteiger partial charge is 0.356 e. The standard InChI is InChI=1S/C16H30N4O.HI/c1-3-16(8-7-9-16)13-19-15(17-2)18-12-14(21)20-10-5-4-6-11-20;/h3-13H2,1-2H3,(H2,17,18,19);1H. The molecule has 0 spiro atoms. The van der Waals surface area contributed by atoms with Gasteiger partial charge in [0, 0.05) is 26.7 Å². The molecule has 0 aromatic carbocycles. The van der Waals surface area contributed by atoms with Crippen LogP contribution in [-0.2, 0) is 4.79 Å². The van der Waals surface area contributed by atoms with Crippen molar-refractivity contribution in [1.82, 2.24) is 15.5 Å². The SMILES string of the molecule is CCC1(CNC(=NC)NCC(=O)N2CCCCC2)CCC1.I. The minimum atomic E-state index is 0. The van der Waals surface area contributed by atoms with Crippen LogP contribution in [0.4, 0.5) is 0 Å². The summed E-state index contributed by atoms with van der Waals surface area (Å²) in [5.74, 6) is 0.937. The molecule has 0 atom stereocenters. The summed E-state index contributed by atoms with van der Waals surface area (Å²) < 4.78 is 0. The molecular weight excluding hydrogens is 391 g/mol. The number of nitrogens with one attached hydrogen (secondary N) is 2. The zero-order chi connectivity index (χ0) is 15.1. The van der Waals surface area contributed by atoms with E-state index in [1.807, 2.05) is 4.90 Å². The summed E-state index contributed by atoms with van der Waals surface area (Å²) in [5.41, 5.74) is 0.453. The van der Waals surface area contributed by atoms with Crippen molar-refractivity contribution in [2.24, 2.45) is 10.4 Å². The van der Waals surface area contributed by atoms with E-state index in [1.165, 1.54) is 32.1 Å². The van der Waals surface area contributed by atoms with Crippen molar-refractivity contribution in [3.63, 3.8) is 0 Å². The predicted molar refractivity (Wildman–Crippen MR) is 102 cm³/mol. The van der Waals surface area contributed by atoms with Gasteiger partial charge in [0.25, 0.3) is 0 Å². The highest BCUT2D eigenvalue weighted by Gasteiger charge is 2.34. The Labute approximate surface area is 151 Å². The molecule has 1 saturated carbocycles. The van der Waals surface area contributed by atoms with E-state index in [-0.39, 0.29) is 29.9 Å². The van der Waals surface area contributed by atoms with E-state index < -0.39 is 0 Å². The van der Waals surface area contributed by atoms with Gasteiger partial charge in [-0.2, -0.15) is 0 Å². The van der Waals surface area contributed by atoms with Crippen LogP contribution in [0, 0.1) is 5.41 Å². The van der Waals surface area contributed by atoms with Crippen LogP contribution in [0.15, 0.2) is 4.99 Å². The van der Waals surface area contributed by atoms with E-state index in [4.69, 9.17) is 0 Å². The number of aliphatic imine (C=N–C) groups is 1. The minimum Gasteiger partial charge on any atom is -0.356 e.